The summed E-state index contributed by atoms with van der Waals surface area (Å²) in [4.78, 5) is 23.8. The number of nitrogens with one attached hydrogen (secondary N) is 2. The number of anilines is 1. The van der Waals surface area contributed by atoms with Crippen LogP contribution in [0.4, 0.5) is 5.95 Å². The van der Waals surface area contributed by atoms with E-state index in [1.54, 1.807) is 16.8 Å². The highest BCUT2D eigenvalue weighted by atomic mass is 31.1. The minimum atomic E-state index is -2.72. The van der Waals surface area contributed by atoms with E-state index in [1.165, 1.54) is 6.20 Å². The molecule has 1 aliphatic rings. The first-order valence-corrected chi connectivity index (χ1v) is 6.72. The van der Waals surface area contributed by atoms with Crippen molar-refractivity contribution >= 4 is 20.0 Å². The molecule has 2 rings (SSSR count). The molecule has 18 heavy (non-hydrogen) atoms. The molecule has 0 radical (unpaired) electrons. The van der Waals surface area contributed by atoms with Crippen LogP contribution >= 0.6 is 8.18 Å². The number of hydrogen-bond acceptors (Lipinski definition) is 4. The number of carbonyl (C=O) groups is 1. The number of allylic oxidation sites excluding steroid dienone is 1. The summed E-state index contributed by atoms with van der Waals surface area (Å²) in [5, 5.41) is 5.38. The van der Waals surface area contributed by atoms with E-state index in [4.69, 9.17) is 10.6 Å². The molecular formula is C9H14N5O3P. The van der Waals surface area contributed by atoms with Gasteiger partial charge in [-0.1, -0.05) is 0 Å². The number of amides is 1. The number of aromatic nitrogens is 2. The monoisotopic (exact) mass is 271 g/mol. The summed E-state index contributed by atoms with van der Waals surface area (Å²) in [5.74, 6) is -0.0127. The summed E-state index contributed by atoms with van der Waals surface area (Å²) in [6, 6.07) is -0.0318. The first kappa shape index (κ1) is 12.7. The van der Waals surface area contributed by atoms with E-state index < -0.39 is 14.1 Å². The van der Waals surface area contributed by atoms with Gasteiger partial charge < -0.3 is 25.6 Å². The molecule has 2 unspecified atom stereocenters. The fourth-order valence-electron chi connectivity index (χ4n) is 1.79. The third-order valence-electron chi connectivity index (χ3n) is 2.59. The van der Waals surface area contributed by atoms with Gasteiger partial charge in [0.15, 0.2) is 0 Å². The molecule has 0 aliphatic carbocycles. The van der Waals surface area contributed by atoms with Crippen LogP contribution in [0.15, 0.2) is 18.5 Å². The minimum absolute atomic E-state index is 0.0318. The van der Waals surface area contributed by atoms with E-state index in [1.807, 2.05) is 0 Å². The summed E-state index contributed by atoms with van der Waals surface area (Å²) in [6.45, 7) is 0.707. The molecular weight excluding hydrogens is 257 g/mol. The average molecular weight is 271 g/mol. The van der Waals surface area contributed by atoms with Crippen molar-refractivity contribution < 1.29 is 14.3 Å². The Morgan fingerprint density at radius 3 is 3.22 bits per heavy atom. The standard InChI is InChI=1S/C9H14N5O3P/c10-8(15)7-5-14-6(2-4-12-18(16)17)1-3-11-9(14)13-7/h2,4-6,18H,1,3H2,(H2,10,15)(H,11,13)(H2,12,16,17)/b4-2+. The van der Waals surface area contributed by atoms with Gasteiger partial charge in [-0.05, 0) is 12.5 Å². The fraction of sp³-hybridized carbons (Fsp3) is 0.333. The fourth-order valence-corrected chi connectivity index (χ4v) is 2.03. The molecule has 9 heteroatoms. The maximum atomic E-state index is 11.0. The Morgan fingerprint density at radius 2 is 2.56 bits per heavy atom. The first-order chi connectivity index (χ1) is 8.58. The zero-order valence-corrected chi connectivity index (χ0v) is 10.5. The molecule has 0 saturated heterocycles. The summed E-state index contributed by atoms with van der Waals surface area (Å²) in [7, 11) is -2.72. The molecule has 1 aliphatic heterocycles. The maximum Gasteiger partial charge on any atom is 0.279 e. The summed E-state index contributed by atoms with van der Waals surface area (Å²) in [5.41, 5.74) is 5.36. The van der Waals surface area contributed by atoms with Crippen molar-refractivity contribution in [3.8, 4) is 0 Å². The summed E-state index contributed by atoms with van der Waals surface area (Å²) < 4.78 is 12.3. The van der Waals surface area contributed by atoms with Crippen molar-refractivity contribution in [1.82, 2.24) is 14.6 Å². The number of rotatable bonds is 4. The van der Waals surface area contributed by atoms with E-state index in [-0.39, 0.29) is 11.7 Å². The van der Waals surface area contributed by atoms with E-state index in [9.17, 15) is 9.36 Å². The lowest BCUT2D eigenvalue weighted by Gasteiger charge is -2.23. The predicted molar refractivity (Wildman–Crippen MR) is 66.4 cm³/mol. The maximum absolute atomic E-state index is 11.0. The Bertz CT molecular complexity index is 512. The number of carbonyl (C=O) groups excluding carboxylic acids is 1. The van der Waals surface area contributed by atoms with Crippen LogP contribution in [0.1, 0.15) is 23.0 Å². The largest absolute Gasteiger partial charge is 0.364 e. The SMILES string of the molecule is NC(=O)c1cn2c(n1)NCCC2/C=C/N[PH](=O)O. The predicted octanol–water partition coefficient (Wildman–Crippen LogP) is -0.176. The van der Waals surface area contributed by atoms with Crippen molar-refractivity contribution in [1.29, 1.82) is 0 Å². The number of primary amides is 1. The Morgan fingerprint density at radius 1 is 1.78 bits per heavy atom. The Balaban J connectivity index is 2.19. The second-order valence-electron chi connectivity index (χ2n) is 3.81. The Hall–Kier alpha value is -1.79. The van der Waals surface area contributed by atoms with Crippen LogP contribution in [0.5, 0.6) is 0 Å². The molecule has 0 spiro atoms. The zero-order chi connectivity index (χ0) is 13.1. The molecule has 0 fully saturated rings. The molecule has 2 heterocycles. The molecule has 5 N–H and O–H groups in total. The van der Waals surface area contributed by atoms with Gasteiger partial charge in [0, 0.05) is 18.9 Å². The van der Waals surface area contributed by atoms with Gasteiger partial charge in [0.2, 0.25) is 5.95 Å². The highest BCUT2D eigenvalue weighted by Gasteiger charge is 2.20. The second-order valence-corrected chi connectivity index (χ2v) is 4.71. The van der Waals surface area contributed by atoms with Crippen LogP contribution in [-0.4, -0.2) is 26.9 Å². The van der Waals surface area contributed by atoms with E-state index in [2.05, 4.69) is 15.4 Å². The van der Waals surface area contributed by atoms with Gasteiger partial charge in [0.1, 0.15) is 5.69 Å². The van der Waals surface area contributed by atoms with Crippen LogP contribution in [0.2, 0.25) is 0 Å². The van der Waals surface area contributed by atoms with Crippen molar-refractivity contribution in [2.75, 3.05) is 11.9 Å². The molecule has 1 aromatic rings. The lowest BCUT2D eigenvalue weighted by atomic mass is 10.2. The number of fused-ring (bicyclic) bond motifs is 1. The minimum Gasteiger partial charge on any atom is -0.364 e. The van der Waals surface area contributed by atoms with E-state index in [0.717, 1.165) is 6.42 Å². The lowest BCUT2D eigenvalue weighted by molar-refractivity contribution is 0.0996. The third kappa shape index (κ3) is 2.72. The molecule has 0 aromatic carbocycles. The molecule has 8 nitrogen and oxygen atoms in total. The highest BCUT2D eigenvalue weighted by molar-refractivity contribution is 7.35. The topological polar surface area (TPSA) is 122 Å². The van der Waals surface area contributed by atoms with Gasteiger partial charge in [0.25, 0.3) is 14.1 Å². The molecule has 98 valence electrons. The normalized spacial score (nSPS) is 20.2. The number of hydrogen-bond donors (Lipinski definition) is 4. The van der Waals surface area contributed by atoms with Gasteiger partial charge >= 0.3 is 0 Å². The van der Waals surface area contributed by atoms with E-state index in [0.29, 0.717) is 12.5 Å². The third-order valence-corrected chi connectivity index (χ3v) is 3.00. The molecule has 0 bridgehead atoms. The van der Waals surface area contributed by atoms with Gasteiger partial charge in [0.05, 0.1) is 6.04 Å². The van der Waals surface area contributed by atoms with Crippen molar-refractivity contribution in [3.05, 3.63) is 24.2 Å². The van der Waals surface area contributed by atoms with Crippen molar-refractivity contribution in [2.45, 2.75) is 12.5 Å². The van der Waals surface area contributed by atoms with Gasteiger partial charge in [-0.3, -0.25) is 9.36 Å². The van der Waals surface area contributed by atoms with Crippen LogP contribution in [-0.2, 0) is 4.57 Å². The quantitative estimate of drug-likeness (QED) is 0.564. The van der Waals surface area contributed by atoms with E-state index >= 15 is 0 Å². The second kappa shape index (κ2) is 5.24. The van der Waals surface area contributed by atoms with Gasteiger partial charge in [-0.15, -0.1) is 0 Å². The average Bonchev–Trinajstić information content (AvgIpc) is 2.73. The number of nitrogens with two attached hydrogens (primary N) is 1. The molecule has 1 aromatic heterocycles. The van der Waals surface area contributed by atoms with Crippen LogP contribution < -0.4 is 16.1 Å². The molecule has 2 atom stereocenters. The lowest BCUT2D eigenvalue weighted by Crippen LogP contribution is -2.21. The molecule has 1 amide bonds. The Labute approximate surface area is 104 Å². The highest BCUT2D eigenvalue weighted by Crippen LogP contribution is 2.24. The van der Waals surface area contributed by atoms with Crippen molar-refractivity contribution in [2.24, 2.45) is 5.73 Å². The zero-order valence-electron chi connectivity index (χ0n) is 9.46. The first-order valence-electron chi connectivity index (χ1n) is 5.36. The van der Waals surface area contributed by atoms with Crippen LogP contribution in [0, 0.1) is 0 Å². The summed E-state index contributed by atoms with van der Waals surface area (Å²) >= 11 is 0. The summed E-state index contributed by atoms with van der Waals surface area (Å²) in [6.07, 6.45) is 5.54. The van der Waals surface area contributed by atoms with Crippen LogP contribution in [0.3, 0.4) is 0 Å². The number of nitrogens with zero attached hydrogens (tertiary/aromatic N) is 2. The van der Waals surface area contributed by atoms with Crippen molar-refractivity contribution in [3.63, 3.8) is 0 Å². The number of imidazole rings is 1. The van der Waals surface area contributed by atoms with Crippen LogP contribution in [0.25, 0.3) is 0 Å². The van der Waals surface area contributed by atoms with Gasteiger partial charge in [-0.25, -0.2) is 4.98 Å². The Kier molecular flexibility index (Phi) is 3.69. The van der Waals surface area contributed by atoms with Gasteiger partial charge in [-0.2, -0.15) is 0 Å². The molecule has 0 saturated carbocycles. The smallest absolute Gasteiger partial charge is 0.279 e.